The van der Waals surface area contributed by atoms with Gasteiger partial charge in [0, 0.05) is 49.3 Å². The lowest BCUT2D eigenvalue weighted by molar-refractivity contribution is -0.157. The number of nitrogens with zero attached hydrogens (tertiary/aromatic N) is 7. The molecular weight excluding hydrogens is 1220 g/mol. The van der Waals surface area contributed by atoms with E-state index in [1.54, 1.807) is 47.6 Å². The van der Waals surface area contributed by atoms with Crippen molar-refractivity contribution in [2.75, 3.05) is 55.9 Å². The second-order valence-corrected chi connectivity index (χ2v) is 28.0. The van der Waals surface area contributed by atoms with Crippen LogP contribution in [0.5, 0.6) is 0 Å². The fourth-order valence-electron chi connectivity index (χ4n) is 11.5. The van der Waals surface area contributed by atoms with Crippen molar-refractivity contribution in [3.63, 3.8) is 0 Å². The minimum absolute atomic E-state index is 0.0235. The van der Waals surface area contributed by atoms with E-state index in [9.17, 15) is 51.8 Å². The van der Waals surface area contributed by atoms with Gasteiger partial charge in [0.15, 0.2) is 0 Å². The van der Waals surface area contributed by atoms with E-state index in [-0.39, 0.29) is 62.2 Å². The number of carbonyl (C=O) groups is 11. The number of benzene rings is 1. The largest absolute Gasteiger partial charge is 0.416 e. The maximum Gasteiger partial charge on any atom is 0.416 e. The summed E-state index contributed by atoms with van der Waals surface area (Å²) in [5.41, 5.74) is -0.445. The Balaban J connectivity index is 3.00. The zero-order valence-corrected chi connectivity index (χ0v) is 60.0. The first-order chi connectivity index (χ1) is 43.3. The SMILES string of the molecule is CC[C@@H]1NC(=O)[C@H]([C@H](O)[C@H](C)C/C=C/c2ccc(C(F)(F)F)cc2)N(C)C(=O)[C@H](C(C)C)N(C)C(=O)[C@H](CC(C)C)N(C)C(=O)[C@H](CC(C)C)N(C)C(=O)[C@@H](C)NC(=O)[C@H](C)NC(=O)[C@H](CC(C)C)N(C)C(=O)[C@H](C(C)C)NC(=O)[C@H](CC(C)C)N(C)C(=O)CN(C)C1=O. The number of carbonyl (C=O) groups excluding carboxylic acids is 11. The predicted molar refractivity (Wildman–Crippen MR) is 354 cm³/mol. The first kappa shape index (κ1) is 83.0. The van der Waals surface area contributed by atoms with E-state index < -0.39 is 168 Å². The molecule has 0 unspecified atom stereocenters. The van der Waals surface area contributed by atoms with E-state index in [0.717, 1.165) is 21.9 Å². The third kappa shape index (κ3) is 23.1. The van der Waals surface area contributed by atoms with E-state index in [2.05, 4.69) is 21.3 Å². The van der Waals surface area contributed by atoms with Crippen molar-refractivity contribution in [3.8, 4) is 0 Å². The van der Waals surface area contributed by atoms with Gasteiger partial charge in [-0.15, -0.1) is 0 Å². The number of alkyl halides is 3. The third-order valence-corrected chi connectivity index (χ3v) is 17.4. The molecule has 1 aliphatic rings. The zero-order valence-electron chi connectivity index (χ0n) is 60.0. The molecular formula is C68H112F3N11O12. The Labute approximate surface area is 556 Å². The topological polar surface area (TPSA) is 279 Å². The summed E-state index contributed by atoms with van der Waals surface area (Å²) in [5, 5.41) is 23.2. The molecule has 0 spiro atoms. The molecule has 1 aromatic rings. The molecule has 1 aromatic carbocycles. The minimum atomic E-state index is -4.56. The molecule has 0 bridgehead atoms. The smallest absolute Gasteiger partial charge is 0.390 e. The number of aliphatic hydroxyl groups is 1. The van der Waals surface area contributed by atoms with Gasteiger partial charge in [-0.1, -0.05) is 121 Å². The lowest BCUT2D eigenvalue weighted by Gasteiger charge is -2.41. The average Bonchev–Trinajstić information content (AvgIpc) is 0.836. The molecule has 532 valence electrons. The maximum absolute atomic E-state index is 15.3. The summed E-state index contributed by atoms with van der Waals surface area (Å²) < 4.78 is 40.1. The van der Waals surface area contributed by atoms with E-state index >= 15 is 19.2 Å². The van der Waals surface area contributed by atoms with E-state index in [4.69, 9.17) is 0 Å². The molecule has 12 atom stereocenters. The Bertz CT molecular complexity index is 2800. The zero-order chi connectivity index (χ0) is 72.5. The molecule has 0 radical (unpaired) electrons. The van der Waals surface area contributed by atoms with Crippen LogP contribution >= 0.6 is 0 Å². The Kier molecular flexibility index (Phi) is 32.4. The molecule has 11 amide bonds. The van der Waals surface area contributed by atoms with Crippen LogP contribution in [-0.2, 0) is 58.9 Å². The van der Waals surface area contributed by atoms with E-state index in [0.29, 0.717) is 5.56 Å². The van der Waals surface area contributed by atoms with Gasteiger partial charge < -0.3 is 60.7 Å². The average molecular weight is 1330 g/mol. The fraction of sp³-hybridized carbons (Fsp3) is 0.721. The van der Waals surface area contributed by atoms with Crippen molar-refractivity contribution < 1.29 is 71.0 Å². The van der Waals surface area contributed by atoms with Crippen LogP contribution in [0, 0.1) is 41.4 Å². The van der Waals surface area contributed by atoms with Crippen LogP contribution in [0.25, 0.3) is 6.08 Å². The second kappa shape index (κ2) is 36.7. The lowest BCUT2D eigenvalue weighted by Crippen LogP contribution is -2.63. The van der Waals surface area contributed by atoms with Crippen molar-refractivity contribution >= 4 is 71.1 Å². The molecule has 1 fully saturated rings. The summed E-state index contributed by atoms with van der Waals surface area (Å²) in [6, 6.07) is -8.65. The molecule has 1 heterocycles. The molecule has 0 saturated carbocycles. The van der Waals surface area contributed by atoms with Gasteiger partial charge in [0.1, 0.15) is 60.4 Å². The molecule has 0 aromatic heterocycles. The first-order valence-corrected chi connectivity index (χ1v) is 32.9. The summed E-state index contributed by atoms with van der Waals surface area (Å²) in [7, 11) is 9.60. The minimum Gasteiger partial charge on any atom is -0.390 e. The van der Waals surface area contributed by atoms with Gasteiger partial charge in [-0.2, -0.15) is 13.2 Å². The third-order valence-electron chi connectivity index (χ3n) is 17.4. The number of nitrogens with one attached hydrogen (secondary N) is 4. The van der Waals surface area contributed by atoms with E-state index in [1.165, 1.54) is 106 Å². The highest BCUT2D eigenvalue weighted by Gasteiger charge is 2.46. The van der Waals surface area contributed by atoms with Crippen molar-refractivity contribution in [1.82, 2.24) is 55.6 Å². The number of aliphatic hydroxyl groups excluding tert-OH is 1. The number of amides is 11. The van der Waals surface area contributed by atoms with Gasteiger partial charge in [0.25, 0.3) is 0 Å². The first-order valence-electron chi connectivity index (χ1n) is 32.9. The van der Waals surface area contributed by atoms with Crippen LogP contribution in [0.3, 0.4) is 0 Å². The second-order valence-electron chi connectivity index (χ2n) is 28.0. The molecule has 1 aliphatic heterocycles. The molecule has 5 N–H and O–H groups in total. The van der Waals surface area contributed by atoms with Crippen LogP contribution in [0.2, 0.25) is 0 Å². The normalized spacial score (nSPS) is 25.6. The number of rotatable bonds is 16. The number of halogens is 3. The summed E-state index contributed by atoms with van der Waals surface area (Å²) in [6.07, 6.45) is -2.75. The standard InChI is InChI=1S/C68H112F3N11O12/c1-24-48-63(90)76(17)36-53(83)77(18)49(32-37(2)3)60(87)75-54(41(10)11)66(93)78(19)50(33-38(4)5)59(86)72-44(15)58(85)73-45(16)62(89)79(20)51(34-39(6)7)64(91)80(21)52(35-40(8)9)65(92)81(22)55(42(12)13)67(94)82(23)56(61(88)74-48)57(84)43(14)26-25-27-46-28-30-47(31-29-46)68(69,70)71/h25,27-31,37-45,48-52,54-57,84H,24,26,32-36H2,1-23H3,(H,72,86)(H,73,85)(H,74,88)(H,75,87)/b27-25+/t43-,44+,45-,48+,49+,50+,51+,52+,54+,55+,56+,57-/m1/s1. The van der Waals surface area contributed by atoms with Crippen LogP contribution in [0.1, 0.15) is 160 Å². The summed E-state index contributed by atoms with van der Waals surface area (Å²) >= 11 is 0. The number of allylic oxidation sites excluding steroid dienone is 1. The van der Waals surface area contributed by atoms with Crippen LogP contribution in [0.4, 0.5) is 13.2 Å². The highest BCUT2D eigenvalue weighted by Crippen LogP contribution is 2.30. The highest BCUT2D eigenvalue weighted by atomic mass is 19.4. The molecule has 1 saturated heterocycles. The molecule has 2 rings (SSSR count). The lowest BCUT2D eigenvalue weighted by atomic mass is 9.91. The van der Waals surface area contributed by atoms with E-state index in [1.807, 2.05) is 55.4 Å². The van der Waals surface area contributed by atoms with Crippen LogP contribution in [-0.4, -0.2) is 227 Å². The Morgan fingerprint density at radius 3 is 1.37 bits per heavy atom. The Morgan fingerprint density at radius 1 is 0.489 bits per heavy atom. The summed E-state index contributed by atoms with van der Waals surface area (Å²) in [4.78, 5) is 169. The van der Waals surface area contributed by atoms with Gasteiger partial charge in [0.05, 0.1) is 18.2 Å². The summed E-state index contributed by atoms with van der Waals surface area (Å²) in [6.45, 7) is 26.8. The van der Waals surface area contributed by atoms with Gasteiger partial charge in [-0.3, -0.25) is 52.7 Å². The molecule has 0 aliphatic carbocycles. The monoisotopic (exact) mass is 1330 g/mol. The number of hydrogen-bond donors (Lipinski definition) is 5. The number of likely N-dealkylation sites (N-methyl/N-ethyl adjacent to an activating group) is 7. The maximum atomic E-state index is 15.3. The van der Waals surface area contributed by atoms with Gasteiger partial charge >= 0.3 is 6.18 Å². The molecule has 94 heavy (non-hydrogen) atoms. The predicted octanol–water partition coefficient (Wildman–Crippen LogP) is 5.43. The van der Waals surface area contributed by atoms with Crippen LogP contribution < -0.4 is 21.3 Å². The fourth-order valence-corrected chi connectivity index (χ4v) is 11.5. The van der Waals surface area contributed by atoms with Gasteiger partial charge in [-0.25, -0.2) is 0 Å². The number of hydrogen-bond acceptors (Lipinski definition) is 12. The van der Waals surface area contributed by atoms with Crippen LogP contribution in [0.15, 0.2) is 30.3 Å². The van der Waals surface area contributed by atoms with Gasteiger partial charge in [0.2, 0.25) is 65.0 Å². The van der Waals surface area contributed by atoms with Crippen molar-refractivity contribution in [2.24, 2.45) is 41.4 Å². The molecule has 26 heteroatoms. The van der Waals surface area contributed by atoms with Gasteiger partial charge in [-0.05, 0) is 111 Å². The van der Waals surface area contributed by atoms with Crippen molar-refractivity contribution in [2.45, 2.75) is 222 Å². The molecule has 23 nitrogen and oxygen atoms in total. The van der Waals surface area contributed by atoms with Crippen molar-refractivity contribution in [1.29, 1.82) is 0 Å². The quantitative estimate of drug-likeness (QED) is 0.139. The summed E-state index contributed by atoms with van der Waals surface area (Å²) in [5.74, 6) is -10.9. The Hall–Kier alpha value is -7.12. The van der Waals surface area contributed by atoms with Crippen molar-refractivity contribution in [3.05, 3.63) is 41.5 Å². The Morgan fingerprint density at radius 2 is 0.915 bits per heavy atom. The highest BCUT2D eigenvalue weighted by molar-refractivity contribution is 5.99.